The fourth-order valence-electron chi connectivity index (χ4n) is 3.60. The Morgan fingerprint density at radius 3 is 2.30 bits per heavy atom. The minimum atomic E-state index is -0.688. The number of carbonyl (C=O) groups is 3. The van der Waals surface area contributed by atoms with Gasteiger partial charge in [-0.1, -0.05) is 23.9 Å². The van der Waals surface area contributed by atoms with Gasteiger partial charge in [0.2, 0.25) is 11.8 Å². The number of halogens is 1. The molecule has 0 bridgehead atoms. The number of methoxy groups -OCH3 is 2. The average molecular weight is 522 g/mol. The number of anilines is 1. The van der Waals surface area contributed by atoms with E-state index in [0.717, 1.165) is 5.56 Å². The number of thioether (sulfide) groups is 1. The molecule has 0 radical (unpaired) electrons. The number of hydrogen-bond acceptors (Lipinski definition) is 7. The minimum absolute atomic E-state index is 0.0796. The van der Waals surface area contributed by atoms with Gasteiger partial charge in [0.15, 0.2) is 5.17 Å². The molecule has 1 saturated heterocycles. The highest BCUT2D eigenvalue weighted by atomic mass is 32.2. The number of ether oxygens (including phenoxy) is 2. The highest BCUT2D eigenvalue weighted by Gasteiger charge is 2.39. The number of rotatable bonds is 8. The number of nitrogens with zero attached hydrogens (tertiary/aromatic N) is 2. The second-order valence-electron chi connectivity index (χ2n) is 8.07. The maximum atomic E-state index is 13.4. The van der Waals surface area contributed by atoms with Gasteiger partial charge in [-0.15, -0.1) is 0 Å². The van der Waals surface area contributed by atoms with Crippen LogP contribution >= 0.6 is 11.8 Å². The normalized spacial score (nSPS) is 16.1. The van der Waals surface area contributed by atoms with Crippen molar-refractivity contribution in [3.8, 4) is 5.75 Å². The molecule has 8 nitrogen and oxygen atoms in total. The van der Waals surface area contributed by atoms with Gasteiger partial charge in [0, 0.05) is 12.1 Å². The first-order valence-electron chi connectivity index (χ1n) is 11.3. The Hall–Kier alpha value is -4.18. The largest absolute Gasteiger partial charge is 0.497 e. The molecule has 3 aromatic carbocycles. The Kier molecular flexibility index (Phi) is 8.19. The zero-order valence-corrected chi connectivity index (χ0v) is 21.0. The van der Waals surface area contributed by atoms with Crippen molar-refractivity contribution in [3.63, 3.8) is 0 Å². The van der Waals surface area contributed by atoms with Crippen molar-refractivity contribution in [1.82, 2.24) is 4.90 Å². The molecular weight excluding hydrogens is 497 g/mol. The van der Waals surface area contributed by atoms with Crippen molar-refractivity contribution < 1.29 is 28.2 Å². The summed E-state index contributed by atoms with van der Waals surface area (Å²) in [7, 11) is 2.87. The summed E-state index contributed by atoms with van der Waals surface area (Å²) in [5.74, 6) is -0.777. The van der Waals surface area contributed by atoms with Crippen LogP contribution in [0.3, 0.4) is 0 Å². The van der Waals surface area contributed by atoms with Crippen LogP contribution in [0.25, 0.3) is 0 Å². The molecule has 1 N–H and O–H groups in total. The van der Waals surface area contributed by atoms with E-state index in [1.165, 1.54) is 48.0 Å². The third-order valence-corrected chi connectivity index (χ3v) is 6.71. The molecule has 0 unspecified atom stereocenters. The summed E-state index contributed by atoms with van der Waals surface area (Å²) in [5.41, 5.74) is 2.20. The predicted octanol–water partition coefficient (Wildman–Crippen LogP) is 4.78. The topological polar surface area (TPSA) is 97.3 Å². The van der Waals surface area contributed by atoms with Crippen LogP contribution in [0.15, 0.2) is 77.8 Å². The van der Waals surface area contributed by atoms with Gasteiger partial charge >= 0.3 is 5.97 Å². The van der Waals surface area contributed by atoms with Crippen LogP contribution in [-0.2, 0) is 20.9 Å². The highest BCUT2D eigenvalue weighted by Crippen LogP contribution is 2.33. The van der Waals surface area contributed by atoms with Crippen molar-refractivity contribution in [1.29, 1.82) is 0 Å². The fourth-order valence-corrected chi connectivity index (χ4v) is 4.76. The van der Waals surface area contributed by atoms with Gasteiger partial charge in [0.25, 0.3) is 0 Å². The fraction of sp³-hybridized carbons (Fsp3) is 0.185. The molecule has 10 heteroatoms. The van der Waals surface area contributed by atoms with E-state index in [1.54, 1.807) is 43.5 Å². The number of nitrogens with one attached hydrogen (secondary N) is 1. The van der Waals surface area contributed by atoms with Crippen molar-refractivity contribution in [2.45, 2.75) is 18.2 Å². The predicted molar refractivity (Wildman–Crippen MR) is 139 cm³/mol. The molecule has 4 rings (SSSR count). The first kappa shape index (κ1) is 25.9. The number of amidine groups is 1. The van der Waals surface area contributed by atoms with E-state index in [4.69, 9.17) is 4.74 Å². The maximum Gasteiger partial charge on any atom is 0.337 e. The summed E-state index contributed by atoms with van der Waals surface area (Å²) in [4.78, 5) is 43.8. The zero-order chi connectivity index (χ0) is 26.4. The molecule has 3 aromatic rings. The van der Waals surface area contributed by atoms with E-state index in [2.05, 4.69) is 15.0 Å². The quantitative estimate of drug-likeness (QED) is 0.429. The Morgan fingerprint density at radius 2 is 1.68 bits per heavy atom. The Bertz CT molecular complexity index is 1310. The van der Waals surface area contributed by atoms with Crippen molar-refractivity contribution in [3.05, 3.63) is 89.7 Å². The molecule has 1 fully saturated rings. The van der Waals surface area contributed by atoms with Gasteiger partial charge in [-0.3, -0.25) is 14.5 Å². The number of hydrogen-bond donors (Lipinski definition) is 1. The molecule has 2 amide bonds. The number of esters is 1. The van der Waals surface area contributed by atoms with E-state index < -0.39 is 11.2 Å². The van der Waals surface area contributed by atoms with Crippen LogP contribution in [0.5, 0.6) is 5.75 Å². The number of aliphatic imine (C=N–C) groups is 1. The van der Waals surface area contributed by atoms with Crippen LogP contribution in [0.4, 0.5) is 15.8 Å². The summed E-state index contributed by atoms with van der Waals surface area (Å²) in [6.07, 6.45) is -0.0796. The number of benzene rings is 3. The minimum Gasteiger partial charge on any atom is -0.497 e. The van der Waals surface area contributed by atoms with E-state index in [0.29, 0.717) is 27.9 Å². The molecule has 1 atom stereocenters. The Balaban J connectivity index is 1.50. The summed E-state index contributed by atoms with van der Waals surface area (Å²) in [6.45, 7) is 0.253. The Morgan fingerprint density at radius 1 is 1.00 bits per heavy atom. The standard InChI is InChI=1S/C27H24FN3O5S/c1-35-22-13-3-17(4-14-22)16-31-25(33)23(37-27(31)30-21-11-7-19(28)8-12-21)15-24(32)29-20-9-5-18(6-10-20)26(34)36-2/h3-14,23H,15-16H2,1-2H3,(H,29,32)/t23-/m0/s1. The molecule has 1 heterocycles. The van der Waals surface area contributed by atoms with Crippen LogP contribution in [-0.4, -0.2) is 47.3 Å². The Labute approximate surface area is 217 Å². The average Bonchev–Trinajstić information content (AvgIpc) is 3.19. The van der Waals surface area contributed by atoms with Crippen molar-refractivity contribution >= 4 is 46.1 Å². The molecule has 0 aliphatic carbocycles. The lowest BCUT2D eigenvalue weighted by atomic mass is 10.2. The molecular formula is C27H24FN3O5S. The van der Waals surface area contributed by atoms with Crippen LogP contribution < -0.4 is 10.1 Å². The lowest BCUT2D eigenvalue weighted by Crippen LogP contribution is -2.33. The second-order valence-corrected chi connectivity index (χ2v) is 9.24. The monoisotopic (exact) mass is 521 g/mol. The lowest BCUT2D eigenvalue weighted by Gasteiger charge is -2.17. The summed E-state index contributed by atoms with van der Waals surface area (Å²) in [6, 6.07) is 19.2. The van der Waals surface area contributed by atoms with Gasteiger partial charge in [0.05, 0.1) is 32.0 Å². The first-order chi connectivity index (χ1) is 17.9. The third kappa shape index (κ3) is 6.53. The second kappa shape index (κ2) is 11.7. The summed E-state index contributed by atoms with van der Waals surface area (Å²) < 4.78 is 23.2. The van der Waals surface area contributed by atoms with Gasteiger partial charge < -0.3 is 14.8 Å². The molecule has 190 valence electrons. The van der Waals surface area contributed by atoms with Gasteiger partial charge in [-0.25, -0.2) is 14.2 Å². The highest BCUT2D eigenvalue weighted by molar-refractivity contribution is 8.15. The van der Waals surface area contributed by atoms with Crippen molar-refractivity contribution in [2.24, 2.45) is 4.99 Å². The van der Waals surface area contributed by atoms with Crippen molar-refractivity contribution in [2.75, 3.05) is 19.5 Å². The van der Waals surface area contributed by atoms with E-state index >= 15 is 0 Å². The van der Waals surface area contributed by atoms with Crippen LogP contribution in [0, 0.1) is 5.82 Å². The van der Waals surface area contributed by atoms with Gasteiger partial charge in [-0.05, 0) is 66.2 Å². The van der Waals surface area contributed by atoms with Gasteiger partial charge in [-0.2, -0.15) is 0 Å². The lowest BCUT2D eigenvalue weighted by molar-refractivity contribution is -0.128. The zero-order valence-electron chi connectivity index (χ0n) is 20.1. The molecule has 0 aromatic heterocycles. The summed E-state index contributed by atoms with van der Waals surface area (Å²) >= 11 is 1.19. The summed E-state index contributed by atoms with van der Waals surface area (Å²) in [5, 5.41) is 2.49. The van der Waals surface area contributed by atoms with E-state index in [9.17, 15) is 18.8 Å². The van der Waals surface area contributed by atoms with Crippen LogP contribution in [0.1, 0.15) is 22.3 Å². The molecule has 0 spiro atoms. The number of amides is 2. The van der Waals surface area contributed by atoms with Crippen LogP contribution in [0.2, 0.25) is 0 Å². The van der Waals surface area contributed by atoms with Gasteiger partial charge in [0.1, 0.15) is 16.8 Å². The molecule has 1 aliphatic heterocycles. The SMILES string of the molecule is COC(=O)c1ccc(NC(=O)C[C@@H]2SC(=Nc3ccc(F)cc3)N(Cc3ccc(OC)cc3)C2=O)cc1. The smallest absolute Gasteiger partial charge is 0.337 e. The molecule has 0 saturated carbocycles. The third-order valence-electron chi connectivity index (χ3n) is 5.53. The maximum absolute atomic E-state index is 13.4. The molecule has 37 heavy (non-hydrogen) atoms. The first-order valence-corrected chi connectivity index (χ1v) is 12.2. The van der Waals surface area contributed by atoms with E-state index in [-0.39, 0.29) is 30.6 Å². The number of carbonyl (C=O) groups excluding carboxylic acids is 3. The molecule has 1 aliphatic rings. The van der Waals surface area contributed by atoms with E-state index in [1.807, 2.05) is 12.1 Å².